The quantitative estimate of drug-likeness (QED) is 0.761. The van der Waals surface area contributed by atoms with Crippen molar-refractivity contribution < 1.29 is 13.9 Å². The van der Waals surface area contributed by atoms with Crippen molar-refractivity contribution in [2.75, 3.05) is 0 Å². The minimum atomic E-state index is -0.629. The average molecular weight is 285 g/mol. The lowest BCUT2D eigenvalue weighted by molar-refractivity contribution is 0.112. The third kappa shape index (κ3) is 3.00. The molecular formula is C13H7Cl2FO2. The zero-order valence-electron chi connectivity index (χ0n) is 8.99. The minimum absolute atomic E-state index is 0.000988. The SMILES string of the molecule is O=Cc1ccc(Oc2cc(Cl)cc(Cl)c2)c(F)c1. The van der Waals surface area contributed by atoms with Crippen molar-refractivity contribution in [1.82, 2.24) is 0 Å². The van der Waals surface area contributed by atoms with Crippen molar-refractivity contribution in [3.8, 4) is 11.5 Å². The number of hydrogen-bond donors (Lipinski definition) is 0. The van der Waals surface area contributed by atoms with E-state index in [1.165, 1.54) is 24.3 Å². The molecule has 0 unspecified atom stereocenters. The lowest BCUT2D eigenvalue weighted by Gasteiger charge is -2.07. The van der Waals surface area contributed by atoms with Gasteiger partial charge in [0.2, 0.25) is 0 Å². The van der Waals surface area contributed by atoms with E-state index in [1.54, 1.807) is 6.07 Å². The van der Waals surface area contributed by atoms with Gasteiger partial charge in [-0.2, -0.15) is 0 Å². The van der Waals surface area contributed by atoms with Crippen molar-refractivity contribution in [2.45, 2.75) is 0 Å². The number of hydrogen-bond acceptors (Lipinski definition) is 2. The Morgan fingerprint density at radius 2 is 1.72 bits per heavy atom. The van der Waals surface area contributed by atoms with Crippen LogP contribution >= 0.6 is 23.2 Å². The highest BCUT2D eigenvalue weighted by Crippen LogP contribution is 2.29. The van der Waals surface area contributed by atoms with Crippen LogP contribution < -0.4 is 4.74 Å². The molecule has 0 saturated carbocycles. The van der Waals surface area contributed by atoms with Gasteiger partial charge in [-0.1, -0.05) is 23.2 Å². The van der Waals surface area contributed by atoms with Crippen LogP contribution in [0.25, 0.3) is 0 Å². The molecule has 0 fully saturated rings. The number of carbonyl (C=O) groups excluding carboxylic acids is 1. The Hall–Kier alpha value is -1.58. The van der Waals surface area contributed by atoms with E-state index in [0.29, 0.717) is 22.1 Å². The fourth-order valence-corrected chi connectivity index (χ4v) is 1.89. The van der Waals surface area contributed by atoms with Gasteiger partial charge in [0, 0.05) is 15.6 Å². The summed E-state index contributed by atoms with van der Waals surface area (Å²) in [6.07, 6.45) is 0.559. The second kappa shape index (κ2) is 5.38. The topological polar surface area (TPSA) is 26.3 Å². The first-order chi connectivity index (χ1) is 8.58. The van der Waals surface area contributed by atoms with E-state index in [-0.39, 0.29) is 11.3 Å². The lowest BCUT2D eigenvalue weighted by Crippen LogP contribution is -1.90. The molecule has 0 N–H and O–H groups in total. The van der Waals surface area contributed by atoms with E-state index in [4.69, 9.17) is 27.9 Å². The van der Waals surface area contributed by atoms with E-state index in [0.717, 1.165) is 6.07 Å². The highest BCUT2D eigenvalue weighted by atomic mass is 35.5. The highest BCUT2D eigenvalue weighted by Gasteiger charge is 2.07. The van der Waals surface area contributed by atoms with Gasteiger partial charge < -0.3 is 4.74 Å². The van der Waals surface area contributed by atoms with Crippen LogP contribution in [0.1, 0.15) is 10.4 Å². The molecule has 0 atom stereocenters. The van der Waals surface area contributed by atoms with E-state index >= 15 is 0 Å². The Labute approximate surface area is 113 Å². The summed E-state index contributed by atoms with van der Waals surface area (Å²) in [6.45, 7) is 0. The minimum Gasteiger partial charge on any atom is -0.454 e. The summed E-state index contributed by atoms with van der Waals surface area (Å²) in [5.41, 5.74) is 0.240. The van der Waals surface area contributed by atoms with Crippen LogP contribution in [0.3, 0.4) is 0 Å². The molecule has 92 valence electrons. The van der Waals surface area contributed by atoms with Gasteiger partial charge in [-0.25, -0.2) is 4.39 Å². The first-order valence-electron chi connectivity index (χ1n) is 4.97. The van der Waals surface area contributed by atoms with Gasteiger partial charge in [-0.15, -0.1) is 0 Å². The summed E-state index contributed by atoms with van der Waals surface area (Å²) < 4.78 is 18.9. The van der Waals surface area contributed by atoms with Crippen LogP contribution in [-0.4, -0.2) is 6.29 Å². The lowest BCUT2D eigenvalue weighted by atomic mass is 10.2. The molecule has 0 aliphatic rings. The molecule has 0 amide bonds. The highest BCUT2D eigenvalue weighted by molar-refractivity contribution is 6.34. The Morgan fingerprint density at radius 3 is 2.28 bits per heavy atom. The number of rotatable bonds is 3. The molecule has 0 bridgehead atoms. The van der Waals surface area contributed by atoms with Crippen molar-refractivity contribution in [1.29, 1.82) is 0 Å². The normalized spacial score (nSPS) is 10.2. The van der Waals surface area contributed by atoms with Crippen LogP contribution in [0.4, 0.5) is 4.39 Å². The van der Waals surface area contributed by atoms with Crippen molar-refractivity contribution in [3.05, 3.63) is 57.8 Å². The molecule has 2 nitrogen and oxygen atoms in total. The predicted octanol–water partition coefficient (Wildman–Crippen LogP) is 4.74. The van der Waals surface area contributed by atoms with E-state index in [2.05, 4.69) is 0 Å². The van der Waals surface area contributed by atoms with E-state index in [9.17, 15) is 9.18 Å². The Bertz CT molecular complexity index is 579. The molecule has 0 heterocycles. The maximum Gasteiger partial charge on any atom is 0.166 e. The first-order valence-corrected chi connectivity index (χ1v) is 5.73. The summed E-state index contributed by atoms with van der Waals surface area (Å²) in [4.78, 5) is 10.5. The van der Waals surface area contributed by atoms with Gasteiger partial charge in [0.15, 0.2) is 11.6 Å². The second-order valence-corrected chi connectivity index (χ2v) is 4.39. The number of carbonyl (C=O) groups is 1. The monoisotopic (exact) mass is 284 g/mol. The maximum absolute atomic E-state index is 13.6. The number of aldehydes is 1. The molecule has 18 heavy (non-hydrogen) atoms. The second-order valence-electron chi connectivity index (χ2n) is 3.51. The summed E-state index contributed by atoms with van der Waals surface area (Å²) >= 11 is 11.6. The Morgan fingerprint density at radius 1 is 1.06 bits per heavy atom. The summed E-state index contributed by atoms with van der Waals surface area (Å²) in [7, 11) is 0. The summed E-state index contributed by atoms with van der Waals surface area (Å²) in [5.74, 6) is -0.306. The largest absolute Gasteiger partial charge is 0.454 e. The van der Waals surface area contributed by atoms with Gasteiger partial charge in [-0.05, 0) is 36.4 Å². The fourth-order valence-electron chi connectivity index (χ4n) is 1.39. The third-order valence-corrected chi connectivity index (χ3v) is 2.59. The van der Waals surface area contributed by atoms with Gasteiger partial charge in [0.25, 0.3) is 0 Å². The Balaban J connectivity index is 2.31. The van der Waals surface area contributed by atoms with Gasteiger partial charge >= 0.3 is 0 Å². The van der Waals surface area contributed by atoms with Gasteiger partial charge in [-0.3, -0.25) is 4.79 Å². The summed E-state index contributed by atoms with van der Waals surface area (Å²) in [6, 6.07) is 8.49. The van der Waals surface area contributed by atoms with Crippen LogP contribution in [0, 0.1) is 5.82 Å². The van der Waals surface area contributed by atoms with Crippen molar-refractivity contribution in [3.63, 3.8) is 0 Å². The molecule has 0 aliphatic heterocycles. The number of halogens is 3. The molecule has 0 radical (unpaired) electrons. The molecule has 2 aromatic rings. The first kappa shape index (κ1) is 12.9. The number of benzene rings is 2. The van der Waals surface area contributed by atoms with E-state index < -0.39 is 5.82 Å². The van der Waals surface area contributed by atoms with E-state index in [1.807, 2.05) is 0 Å². The summed E-state index contributed by atoms with van der Waals surface area (Å²) in [5, 5.41) is 0.782. The molecule has 0 saturated heterocycles. The van der Waals surface area contributed by atoms with Crippen LogP contribution in [0.15, 0.2) is 36.4 Å². The fraction of sp³-hybridized carbons (Fsp3) is 0. The standard InChI is InChI=1S/C13H7Cl2FO2/c14-9-4-10(15)6-11(5-9)18-13-2-1-8(7-17)3-12(13)16/h1-7H. The third-order valence-electron chi connectivity index (χ3n) is 2.16. The Kier molecular flexibility index (Phi) is 3.84. The zero-order valence-corrected chi connectivity index (χ0v) is 10.5. The molecule has 0 aliphatic carbocycles. The smallest absolute Gasteiger partial charge is 0.166 e. The van der Waals surface area contributed by atoms with Crippen molar-refractivity contribution in [2.24, 2.45) is 0 Å². The molecule has 0 aromatic heterocycles. The average Bonchev–Trinajstić information content (AvgIpc) is 2.30. The zero-order chi connectivity index (χ0) is 13.1. The maximum atomic E-state index is 13.6. The van der Waals surface area contributed by atoms with Crippen LogP contribution in [0.5, 0.6) is 11.5 Å². The molecular weight excluding hydrogens is 278 g/mol. The molecule has 2 rings (SSSR count). The van der Waals surface area contributed by atoms with Gasteiger partial charge in [0.1, 0.15) is 12.0 Å². The molecule has 0 spiro atoms. The van der Waals surface area contributed by atoms with Crippen LogP contribution in [-0.2, 0) is 0 Å². The molecule has 5 heteroatoms. The predicted molar refractivity (Wildman–Crippen MR) is 68.3 cm³/mol. The molecule has 2 aromatic carbocycles. The van der Waals surface area contributed by atoms with Crippen LogP contribution in [0.2, 0.25) is 10.0 Å². The van der Waals surface area contributed by atoms with Gasteiger partial charge in [0.05, 0.1) is 0 Å². The number of ether oxygens (including phenoxy) is 1. The van der Waals surface area contributed by atoms with Crippen molar-refractivity contribution >= 4 is 29.5 Å².